The van der Waals surface area contributed by atoms with Crippen LogP contribution in [0.4, 0.5) is 0 Å². The molecule has 4 nitrogen and oxygen atoms in total. The van der Waals surface area contributed by atoms with E-state index in [1.54, 1.807) is 0 Å². The molecule has 1 heterocycles. The van der Waals surface area contributed by atoms with E-state index in [9.17, 15) is 5.26 Å². The molecule has 0 fully saturated rings. The van der Waals surface area contributed by atoms with Crippen molar-refractivity contribution in [1.82, 2.24) is 14.8 Å². The first-order valence-electron chi connectivity index (χ1n) is 9.03. The fourth-order valence-corrected chi connectivity index (χ4v) is 3.54. The Bertz CT molecular complexity index is 931. The number of thioether (sulfide) groups is 1. The lowest BCUT2D eigenvalue weighted by Crippen LogP contribution is -2.10. The van der Waals surface area contributed by atoms with Crippen LogP contribution < -0.4 is 0 Å². The lowest BCUT2D eigenvalue weighted by molar-refractivity contribution is 0.590. The van der Waals surface area contributed by atoms with Crippen molar-refractivity contribution in [2.24, 2.45) is 0 Å². The molecule has 3 rings (SSSR count). The van der Waals surface area contributed by atoms with Gasteiger partial charge in [-0.2, -0.15) is 5.26 Å². The first-order chi connectivity index (χ1) is 12.9. The minimum atomic E-state index is -0.181. The van der Waals surface area contributed by atoms with Crippen molar-refractivity contribution in [3.05, 3.63) is 65.7 Å². The van der Waals surface area contributed by atoms with E-state index in [2.05, 4.69) is 78.0 Å². The molecular formula is C22H24N4S. The molecule has 0 spiro atoms. The summed E-state index contributed by atoms with van der Waals surface area (Å²) in [6, 6.07) is 21.0. The zero-order chi connectivity index (χ0) is 19.4. The number of nitrogens with zero attached hydrogens (tertiary/aromatic N) is 4. The molecule has 0 radical (unpaired) electrons. The number of rotatable bonds is 5. The second kappa shape index (κ2) is 7.98. The molecule has 1 aromatic heterocycles. The molecule has 2 aromatic carbocycles. The maximum Gasteiger partial charge on any atom is 0.193 e. The maximum atomic E-state index is 9.18. The molecule has 1 atom stereocenters. The van der Waals surface area contributed by atoms with Gasteiger partial charge in [0.15, 0.2) is 11.0 Å². The third-order valence-corrected chi connectivity index (χ3v) is 5.35. The summed E-state index contributed by atoms with van der Waals surface area (Å²) >= 11 is 1.44. The van der Waals surface area contributed by atoms with Gasteiger partial charge in [-0.3, -0.25) is 4.57 Å². The topological polar surface area (TPSA) is 54.5 Å². The molecule has 0 aliphatic rings. The van der Waals surface area contributed by atoms with Crippen molar-refractivity contribution < 1.29 is 0 Å². The quantitative estimate of drug-likeness (QED) is 0.567. The minimum Gasteiger partial charge on any atom is -0.298 e. The summed E-state index contributed by atoms with van der Waals surface area (Å²) in [5.74, 6) is 0.826. The molecule has 0 saturated carbocycles. The van der Waals surface area contributed by atoms with Gasteiger partial charge in [0.05, 0.1) is 17.9 Å². The van der Waals surface area contributed by atoms with Crippen molar-refractivity contribution in [2.45, 2.75) is 50.1 Å². The summed E-state index contributed by atoms with van der Waals surface area (Å²) in [4.78, 5) is 0. The third-order valence-electron chi connectivity index (χ3n) is 4.37. The molecule has 5 heteroatoms. The average Bonchev–Trinajstić information content (AvgIpc) is 3.04. The minimum absolute atomic E-state index is 0.111. The van der Waals surface area contributed by atoms with Crippen LogP contribution in [0.2, 0.25) is 0 Å². The summed E-state index contributed by atoms with van der Waals surface area (Å²) in [5.41, 5.74) is 3.60. The Labute approximate surface area is 165 Å². The van der Waals surface area contributed by atoms with Crippen molar-refractivity contribution in [2.75, 3.05) is 0 Å². The lowest BCUT2D eigenvalue weighted by Gasteiger charge is -2.19. The van der Waals surface area contributed by atoms with Gasteiger partial charge in [0.25, 0.3) is 0 Å². The second-order valence-electron chi connectivity index (χ2n) is 7.59. The largest absolute Gasteiger partial charge is 0.298 e. The van der Waals surface area contributed by atoms with Crippen molar-refractivity contribution >= 4 is 11.8 Å². The van der Waals surface area contributed by atoms with Crippen LogP contribution in [-0.2, 0) is 12.0 Å². The Balaban J connectivity index is 2.00. The zero-order valence-corrected chi connectivity index (χ0v) is 17.0. The van der Waals surface area contributed by atoms with Crippen LogP contribution in [0.3, 0.4) is 0 Å². The molecule has 0 saturated heterocycles. The summed E-state index contributed by atoms with van der Waals surface area (Å²) in [6.07, 6.45) is 0. The van der Waals surface area contributed by atoms with Crippen LogP contribution in [0.1, 0.15) is 38.8 Å². The SMILES string of the molecule is CC(C#N)Sc1nnc(-c2ccc(C(C)(C)C)cc2)n1Cc1ccccc1. The van der Waals surface area contributed by atoms with Crippen molar-refractivity contribution in [3.63, 3.8) is 0 Å². The Morgan fingerprint density at radius 3 is 2.30 bits per heavy atom. The summed E-state index contributed by atoms with van der Waals surface area (Å²) in [7, 11) is 0. The Kier molecular flexibility index (Phi) is 5.67. The van der Waals surface area contributed by atoms with Gasteiger partial charge in [-0.25, -0.2) is 0 Å². The Hall–Kier alpha value is -2.58. The standard InChI is InChI=1S/C22H24N4S/c1-16(14-23)27-21-25-24-20(26(21)15-17-8-6-5-7-9-17)18-10-12-19(13-11-18)22(2,3)4/h5-13,16H,15H2,1-4H3. The predicted octanol–water partition coefficient (Wildman–Crippen LogP) is 5.30. The van der Waals surface area contributed by atoms with Gasteiger partial charge in [-0.05, 0) is 23.5 Å². The highest BCUT2D eigenvalue weighted by Gasteiger charge is 2.18. The lowest BCUT2D eigenvalue weighted by atomic mass is 9.87. The Morgan fingerprint density at radius 2 is 1.70 bits per heavy atom. The van der Waals surface area contributed by atoms with Crippen LogP contribution in [0.5, 0.6) is 0 Å². The van der Waals surface area contributed by atoms with E-state index in [1.165, 1.54) is 22.9 Å². The number of hydrogen-bond donors (Lipinski definition) is 0. The third kappa shape index (κ3) is 4.58. The van der Waals surface area contributed by atoms with Gasteiger partial charge in [-0.1, -0.05) is 87.1 Å². The van der Waals surface area contributed by atoms with Crippen LogP contribution in [0.25, 0.3) is 11.4 Å². The molecule has 138 valence electrons. The fourth-order valence-electron chi connectivity index (χ4n) is 2.80. The molecule has 0 bridgehead atoms. The molecule has 0 amide bonds. The highest BCUT2D eigenvalue weighted by molar-refractivity contribution is 8.00. The molecule has 27 heavy (non-hydrogen) atoms. The summed E-state index contributed by atoms with van der Waals surface area (Å²) in [5, 5.41) is 18.6. The van der Waals surface area contributed by atoms with Crippen LogP contribution in [-0.4, -0.2) is 20.0 Å². The maximum absolute atomic E-state index is 9.18. The van der Waals surface area contributed by atoms with Gasteiger partial charge >= 0.3 is 0 Å². The van der Waals surface area contributed by atoms with E-state index in [1.807, 2.05) is 25.1 Å². The first-order valence-corrected chi connectivity index (χ1v) is 9.91. The van der Waals surface area contributed by atoms with E-state index >= 15 is 0 Å². The number of aromatic nitrogens is 3. The Morgan fingerprint density at radius 1 is 1.04 bits per heavy atom. The van der Waals surface area contributed by atoms with Gasteiger partial charge in [0.1, 0.15) is 0 Å². The first kappa shape index (κ1) is 19.2. The van der Waals surface area contributed by atoms with E-state index in [0.29, 0.717) is 6.54 Å². The average molecular weight is 377 g/mol. The van der Waals surface area contributed by atoms with Crippen LogP contribution in [0.15, 0.2) is 59.8 Å². The van der Waals surface area contributed by atoms with Gasteiger partial charge < -0.3 is 0 Å². The normalized spacial score (nSPS) is 12.6. The van der Waals surface area contributed by atoms with Crippen LogP contribution in [0, 0.1) is 11.3 Å². The molecule has 3 aromatic rings. The van der Waals surface area contributed by atoms with E-state index in [0.717, 1.165) is 16.5 Å². The molecule has 1 unspecified atom stereocenters. The van der Waals surface area contributed by atoms with Crippen molar-refractivity contribution in [1.29, 1.82) is 5.26 Å². The number of benzene rings is 2. The van der Waals surface area contributed by atoms with Gasteiger partial charge in [0.2, 0.25) is 0 Å². The van der Waals surface area contributed by atoms with Gasteiger partial charge in [0, 0.05) is 5.56 Å². The summed E-state index contributed by atoms with van der Waals surface area (Å²) < 4.78 is 2.10. The number of hydrogen-bond acceptors (Lipinski definition) is 4. The highest BCUT2D eigenvalue weighted by atomic mass is 32.2. The molecule has 0 aliphatic carbocycles. The van der Waals surface area contributed by atoms with Crippen LogP contribution >= 0.6 is 11.8 Å². The van der Waals surface area contributed by atoms with E-state index in [-0.39, 0.29) is 10.7 Å². The predicted molar refractivity (Wildman–Crippen MR) is 111 cm³/mol. The molecule has 0 aliphatic heterocycles. The molecular weight excluding hydrogens is 352 g/mol. The van der Waals surface area contributed by atoms with E-state index in [4.69, 9.17) is 0 Å². The van der Waals surface area contributed by atoms with Crippen molar-refractivity contribution in [3.8, 4) is 17.5 Å². The second-order valence-corrected chi connectivity index (χ2v) is 8.90. The zero-order valence-electron chi connectivity index (χ0n) is 16.2. The van der Waals surface area contributed by atoms with E-state index < -0.39 is 0 Å². The monoisotopic (exact) mass is 376 g/mol. The number of nitriles is 1. The summed E-state index contributed by atoms with van der Waals surface area (Å²) in [6.45, 7) is 9.17. The molecule has 0 N–H and O–H groups in total. The fraction of sp³-hybridized carbons (Fsp3) is 0.318. The highest BCUT2D eigenvalue weighted by Crippen LogP contribution is 2.29. The van der Waals surface area contributed by atoms with Gasteiger partial charge in [-0.15, -0.1) is 10.2 Å². The smallest absolute Gasteiger partial charge is 0.193 e.